The summed E-state index contributed by atoms with van der Waals surface area (Å²) in [4.78, 5) is 38.6. The van der Waals surface area contributed by atoms with Gasteiger partial charge < -0.3 is 5.11 Å². The van der Waals surface area contributed by atoms with E-state index in [1.54, 1.807) is 0 Å². The minimum Gasteiger partial charge on any atom is -0.505 e. The van der Waals surface area contributed by atoms with Gasteiger partial charge in [0, 0.05) is 17.9 Å². The molecule has 3 aliphatic carbocycles. The van der Waals surface area contributed by atoms with Crippen LogP contribution < -0.4 is 4.90 Å². The number of hydrogen-bond acceptors (Lipinski definition) is 5. The Morgan fingerprint density at radius 1 is 0.774 bits per heavy atom. The van der Waals surface area contributed by atoms with Gasteiger partial charge in [-0.05, 0) is 28.3 Å². The van der Waals surface area contributed by atoms with E-state index < -0.39 is 22.5 Å². The van der Waals surface area contributed by atoms with Gasteiger partial charge in [-0.2, -0.15) is 0 Å². The van der Waals surface area contributed by atoms with Crippen LogP contribution in [-0.2, 0) is 9.59 Å². The molecular weight excluding hydrogens is 396 g/mol. The maximum absolute atomic E-state index is 13.6. The summed E-state index contributed by atoms with van der Waals surface area (Å²) in [6, 6.07) is 19.3. The van der Waals surface area contributed by atoms with E-state index in [9.17, 15) is 24.8 Å². The highest BCUT2D eigenvalue weighted by Gasteiger charge is 2.62. The number of rotatable bonds is 2. The van der Waals surface area contributed by atoms with E-state index >= 15 is 0 Å². The van der Waals surface area contributed by atoms with E-state index in [-0.39, 0.29) is 35.0 Å². The van der Waals surface area contributed by atoms with Crippen molar-refractivity contribution in [2.75, 3.05) is 4.90 Å². The number of carbonyl (C=O) groups excluding carboxylic acids is 2. The quantitative estimate of drug-likeness (QED) is 0.393. The van der Waals surface area contributed by atoms with Gasteiger partial charge in [-0.25, -0.2) is 4.90 Å². The molecule has 1 fully saturated rings. The SMILES string of the molecule is O=C1[C@H]2C3c4ccccc4C(c4ccccc43)[C@@H]2C(=O)N1c1ccc([N+](=O)[O-])cc1O. The van der Waals surface area contributed by atoms with Crippen molar-refractivity contribution in [1.29, 1.82) is 0 Å². The number of imide groups is 1. The fourth-order valence-electron chi connectivity index (χ4n) is 5.73. The summed E-state index contributed by atoms with van der Waals surface area (Å²) in [5, 5.41) is 21.4. The molecule has 7 nitrogen and oxygen atoms in total. The summed E-state index contributed by atoms with van der Waals surface area (Å²) < 4.78 is 0. The third-order valence-electron chi connectivity index (χ3n) is 6.86. The monoisotopic (exact) mass is 412 g/mol. The Morgan fingerprint density at radius 3 is 1.61 bits per heavy atom. The number of phenolic OH excluding ortho intramolecular Hbond substituents is 1. The minimum atomic E-state index is -0.635. The molecule has 7 rings (SSSR count). The Bertz CT molecular complexity index is 1200. The molecule has 1 aliphatic heterocycles. The highest BCUT2D eigenvalue weighted by atomic mass is 16.6. The van der Waals surface area contributed by atoms with Crippen molar-refractivity contribution < 1.29 is 19.6 Å². The van der Waals surface area contributed by atoms with E-state index in [1.807, 2.05) is 48.5 Å². The average molecular weight is 412 g/mol. The van der Waals surface area contributed by atoms with E-state index in [0.717, 1.165) is 33.2 Å². The van der Waals surface area contributed by atoms with E-state index in [4.69, 9.17) is 0 Å². The number of benzene rings is 3. The Hall–Kier alpha value is -4.00. The van der Waals surface area contributed by atoms with Gasteiger partial charge in [0.2, 0.25) is 11.8 Å². The van der Waals surface area contributed by atoms with Crippen LogP contribution >= 0.6 is 0 Å². The molecule has 7 heteroatoms. The lowest BCUT2D eigenvalue weighted by Gasteiger charge is -2.45. The summed E-state index contributed by atoms with van der Waals surface area (Å²) >= 11 is 0. The van der Waals surface area contributed by atoms with Gasteiger partial charge in [0.1, 0.15) is 5.75 Å². The fraction of sp³-hybridized carbons (Fsp3) is 0.167. The number of hydrogen-bond donors (Lipinski definition) is 1. The van der Waals surface area contributed by atoms with Gasteiger partial charge in [-0.1, -0.05) is 48.5 Å². The number of non-ortho nitro benzene ring substituents is 1. The van der Waals surface area contributed by atoms with Crippen LogP contribution in [0, 0.1) is 22.0 Å². The molecule has 1 saturated heterocycles. The highest BCUT2D eigenvalue weighted by molar-refractivity contribution is 6.24. The lowest BCUT2D eigenvalue weighted by Crippen LogP contribution is -2.41. The number of nitrogens with zero attached hydrogens (tertiary/aromatic N) is 2. The van der Waals surface area contributed by atoms with Crippen molar-refractivity contribution in [3.63, 3.8) is 0 Å². The predicted octanol–water partition coefficient (Wildman–Crippen LogP) is 3.70. The Balaban J connectivity index is 1.53. The molecule has 152 valence electrons. The van der Waals surface area contributed by atoms with Crippen molar-refractivity contribution in [3.8, 4) is 5.75 Å². The second-order valence-corrected chi connectivity index (χ2v) is 8.21. The second kappa shape index (κ2) is 6.01. The van der Waals surface area contributed by atoms with Gasteiger partial charge in [-0.15, -0.1) is 0 Å². The topological polar surface area (TPSA) is 101 Å². The summed E-state index contributed by atoms with van der Waals surface area (Å²) in [7, 11) is 0. The van der Waals surface area contributed by atoms with Crippen LogP contribution in [0.15, 0.2) is 66.7 Å². The normalized spacial score (nSPS) is 25.2. The summed E-state index contributed by atoms with van der Waals surface area (Å²) in [5.74, 6) is -2.85. The van der Waals surface area contributed by atoms with Crippen molar-refractivity contribution in [2.24, 2.45) is 11.8 Å². The summed E-state index contributed by atoms with van der Waals surface area (Å²) in [6.45, 7) is 0. The molecule has 2 amide bonds. The molecular formula is C24H16N2O5. The third kappa shape index (κ3) is 2.17. The van der Waals surface area contributed by atoms with Gasteiger partial charge in [0.05, 0.1) is 28.5 Å². The zero-order valence-corrected chi connectivity index (χ0v) is 16.1. The van der Waals surface area contributed by atoms with Crippen LogP contribution in [0.2, 0.25) is 0 Å². The first-order valence-corrected chi connectivity index (χ1v) is 10.0. The van der Waals surface area contributed by atoms with Crippen LogP contribution in [0.1, 0.15) is 34.1 Å². The molecule has 31 heavy (non-hydrogen) atoms. The first-order chi connectivity index (χ1) is 15.0. The maximum atomic E-state index is 13.6. The molecule has 0 saturated carbocycles. The Morgan fingerprint density at radius 2 is 1.23 bits per heavy atom. The summed E-state index contributed by atoms with van der Waals surface area (Å²) in [5.41, 5.74) is 3.92. The Kier molecular flexibility index (Phi) is 3.46. The molecule has 0 radical (unpaired) electrons. The van der Waals surface area contributed by atoms with Crippen LogP contribution in [0.5, 0.6) is 5.75 Å². The standard InChI is InChI=1S/C24H16N2O5/c27-18-11-12(26(30)31)9-10-17(18)25-23(28)21-19-13-5-1-2-6-14(13)20(22(21)24(25)29)16-8-4-3-7-15(16)19/h1-11,19-22,27H/t19?,20?,21-,22-/m0/s1. The zero-order valence-electron chi connectivity index (χ0n) is 16.1. The third-order valence-corrected chi connectivity index (χ3v) is 6.86. The van der Waals surface area contributed by atoms with Gasteiger partial charge in [-0.3, -0.25) is 19.7 Å². The van der Waals surface area contributed by atoms with Gasteiger partial charge in [0.25, 0.3) is 5.69 Å². The molecule has 3 aromatic rings. The molecule has 0 spiro atoms. The first-order valence-electron chi connectivity index (χ1n) is 10.0. The van der Waals surface area contributed by atoms with Crippen LogP contribution in [0.3, 0.4) is 0 Å². The molecule has 3 aromatic carbocycles. The van der Waals surface area contributed by atoms with Crippen molar-refractivity contribution in [2.45, 2.75) is 11.8 Å². The number of aromatic hydroxyl groups is 1. The average Bonchev–Trinajstić information content (AvgIpc) is 3.04. The van der Waals surface area contributed by atoms with Crippen molar-refractivity contribution in [3.05, 3.63) is 99.1 Å². The number of carbonyl (C=O) groups is 2. The lowest BCUT2D eigenvalue weighted by molar-refractivity contribution is -0.384. The number of anilines is 1. The molecule has 0 unspecified atom stereocenters. The smallest absolute Gasteiger partial charge is 0.273 e. The number of nitro benzene ring substituents is 1. The van der Waals surface area contributed by atoms with Crippen molar-refractivity contribution >= 4 is 23.2 Å². The lowest BCUT2D eigenvalue weighted by atomic mass is 9.55. The van der Waals surface area contributed by atoms with E-state index in [1.165, 1.54) is 12.1 Å². The van der Waals surface area contributed by atoms with Crippen LogP contribution in [-0.4, -0.2) is 21.8 Å². The fourth-order valence-corrected chi connectivity index (χ4v) is 5.73. The highest BCUT2D eigenvalue weighted by Crippen LogP contribution is 2.61. The summed E-state index contributed by atoms with van der Waals surface area (Å²) in [6.07, 6.45) is 0. The Labute approximate surface area is 176 Å². The molecule has 2 bridgehead atoms. The first kappa shape index (κ1) is 17.8. The van der Waals surface area contributed by atoms with Gasteiger partial charge >= 0.3 is 0 Å². The predicted molar refractivity (Wildman–Crippen MR) is 111 cm³/mol. The number of amides is 2. The van der Waals surface area contributed by atoms with E-state index in [2.05, 4.69) is 0 Å². The second-order valence-electron chi connectivity index (χ2n) is 8.21. The minimum absolute atomic E-state index is 0.0116. The number of nitro groups is 1. The largest absolute Gasteiger partial charge is 0.505 e. The van der Waals surface area contributed by atoms with E-state index in [0.29, 0.717) is 0 Å². The molecule has 2 atom stereocenters. The van der Waals surface area contributed by atoms with Crippen LogP contribution in [0.25, 0.3) is 0 Å². The van der Waals surface area contributed by atoms with Gasteiger partial charge in [0.15, 0.2) is 0 Å². The molecule has 4 aliphatic rings. The molecule has 1 heterocycles. The van der Waals surface area contributed by atoms with Crippen LogP contribution in [0.4, 0.5) is 11.4 Å². The zero-order chi connectivity index (χ0) is 21.4. The maximum Gasteiger partial charge on any atom is 0.273 e. The number of phenols is 1. The van der Waals surface area contributed by atoms with Crippen molar-refractivity contribution in [1.82, 2.24) is 0 Å². The molecule has 1 N–H and O–H groups in total. The molecule has 0 aromatic heterocycles.